The molecule has 0 fully saturated rings. The van der Waals surface area contributed by atoms with Crippen LogP contribution < -0.4 is 0 Å². The lowest BCUT2D eigenvalue weighted by Crippen LogP contribution is -2.39. The van der Waals surface area contributed by atoms with E-state index in [0.29, 0.717) is 19.6 Å². The number of alkyl halides is 1. The first-order valence-electron chi connectivity index (χ1n) is 5.14. The van der Waals surface area contributed by atoms with E-state index < -0.39 is 5.97 Å². The monoisotopic (exact) mass is 257 g/mol. The van der Waals surface area contributed by atoms with Gasteiger partial charge < -0.3 is 9.64 Å². The minimum Gasteiger partial charge on any atom is -0.464 e. The summed E-state index contributed by atoms with van der Waals surface area (Å²) in [5.74, 6) is -0.612. The molecule has 2 rings (SSSR count). The Bertz CT molecular complexity index is 458. The van der Waals surface area contributed by atoms with Gasteiger partial charge in [0.1, 0.15) is 5.88 Å². The number of hydrogen-bond donors (Lipinski definition) is 0. The number of hydrogen-bond acceptors (Lipinski definition) is 4. The highest BCUT2D eigenvalue weighted by molar-refractivity contribution is 6.27. The molecule has 0 spiro atoms. The Morgan fingerprint density at radius 3 is 2.94 bits per heavy atom. The average molecular weight is 258 g/mol. The molecule has 0 bridgehead atoms. The second-order valence-electron chi connectivity index (χ2n) is 3.68. The SMILES string of the molecule is COC(=O)c1cc2n(n1)CCN(C(=O)CCl)C2. The number of fused-ring (bicyclic) bond motifs is 1. The van der Waals surface area contributed by atoms with Gasteiger partial charge in [-0.25, -0.2) is 4.79 Å². The van der Waals surface area contributed by atoms with Gasteiger partial charge in [0.05, 0.1) is 25.9 Å². The first kappa shape index (κ1) is 11.9. The summed E-state index contributed by atoms with van der Waals surface area (Å²) in [5.41, 5.74) is 1.08. The van der Waals surface area contributed by atoms with Gasteiger partial charge in [0.2, 0.25) is 5.91 Å². The molecule has 1 aromatic heterocycles. The van der Waals surface area contributed by atoms with E-state index in [1.807, 2.05) is 0 Å². The number of esters is 1. The summed E-state index contributed by atoms with van der Waals surface area (Å²) in [5, 5.41) is 4.11. The fourth-order valence-corrected chi connectivity index (χ4v) is 1.94. The van der Waals surface area contributed by atoms with Crippen LogP contribution in [0.15, 0.2) is 6.07 Å². The highest BCUT2D eigenvalue weighted by Gasteiger charge is 2.23. The van der Waals surface area contributed by atoms with E-state index in [-0.39, 0.29) is 17.5 Å². The molecule has 17 heavy (non-hydrogen) atoms. The van der Waals surface area contributed by atoms with Gasteiger partial charge in [-0.2, -0.15) is 5.10 Å². The number of aromatic nitrogens is 2. The molecule has 0 N–H and O–H groups in total. The normalized spacial score (nSPS) is 14.4. The summed E-state index contributed by atoms with van der Waals surface area (Å²) < 4.78 is 6.31. The number of halogens is 1. The molecule has 0 unspecified atom stereocenters. The molecule has 0 atom stereocenters. The number of carbonyl (C=O) groups is 2. The maximum atomic E-state index is 11.4. The van der Waals surface area contributed by atoms with Gasteiger partial charge in [0.15, 0.2) is 5.69 Å². The summed E-state index contributed by atoms with van der Waals surface area (Å²) in [4.78, 5) is 24.4. The van der Waals surface area contributed by atoms with Crippen LogP contribution in [0.1, 0.15) is 16.2 Å². The van der Waals surface area contributed by atoms with Crippen LogP contribution in [-0.2, 0) is 22.6 Å². The molecule has 0 radical (unpaired) electrons. The van der Waals surface area contributed by atoms with Gasteiger partial charge in [-0.3, -0.25) is 9.48 Å². The van der Waals surface area contributed by atoms with Gasteiger partial charge in [-0.05, 0) is 6.07 Å². The maximum Gasteiger partial charge on any atom is 0.358 e. The minimum absolute atomic E-state index is 0.0298. The van der Waals surface area contributed by atoms with Crippen LogP contribution in [0, 0.1) is 0 Å². The van der Waals surface area contributed by atoms with Gasteiger partial charge in [0, 0.05) is 6.54 Å². The van der Waals surface area contributed by atoms with Crippen LogP contribution in [0.25, 0.3) is 0 Å². The summed E-state index contributed by atoms with van der Waals surface area (Å²) in [6, 6.07) is 1.64. The number of methoxy groups -OCH3 is 1. The first-order chi connectivity index (χ1) is 8.15. The van der Waals surface area contributed by atoms with Crippen molar-refractivity contribution >= 4 is 23.5 Å². The molecular weight excluding hydrogens is 246 g/mol. The third-order valence-corrected chi connectivity index (χ3v) is 2.89. The molecule has 0 saturated carbocycles. The van der Waals surface area contributed by atoms with Crippen molar-refractivity contribution in [1.29, 1.82) is 0 Å². The minimum atomic E-state index is -0.470. The molecule has 92 valence electrons. The number of ether oxygens (including phenoxy) is 1. The fraction of sp³-hybridized carbons (Fsp3) is 0.500. The second kappa shape index (κ2) is 4.75. The molecule has 2 heterocycles. The Morgan fingerprint density at radius 1 is 1.53 bits per heavy atom. The molecule has 1 aromatic rings. The topological polar surface area (TPSA) is 64.4 Å². The van der Waals surface area contributed by atoms with Crippen molar-refractivity contribution in [3.05, 3.63) is 17.5 Å². The number of carbonyl (C=O) groups excluding carboxylic acids is 2. The molecule has 7 heteroatoms. The number of nitrogens with zero attached hydrogens (tertiary/aromatic N) is 3. The van der Waals surface area contributed by atoms with Crippen molar-refractivity contribution in [2.75, 3.05) is 19.5 Å². The first-order valence-corrected chi connectivity index (χ1v) is 5.68. The molecule has 1 amide bonds. The highest BCUT2D eigenvalue weighted by atomic mass is 35.5. The van der Waals surface area contributed by atoms with E-state index in [9.17, 15) is 9.59 Å². The zero-order valence-electron chi connectivity index (χ0n) is 9.35. The molecule has 6 nitrogen and oxygen atoms in total. The van der Waals surface area contributed by atoms with Crippen LogP contribution in [-0.4, -0.2) is 46.1 Å². The zero-order chi connectivity index (χ0) is 12.4. The molecule has 1 aliphatic rings. The lowest BCUT2D eigenvalue weighted by atomic mass is 10.3. The van der Waals surface area contributed by atoms with Gasteiger partial charge >= 0.3 is 5.97 Å². The van der Waals surface area contributed by atoms with Crippen molar-refractivity contribution in [1.82, 2.24) is 14.7 Å². The predicted octanol–water partition coefficient (Wildman–Crippen LogP) is 0.251. The highest BCUT2D eigenvalue weighted by Crippen LogP contribution is 2.14. The Labute approximate surface area is 103 Å². The molecular formula is C10H12ClN3O3. The number of rotatable bonds is 2. The smallest absolute Gasteiger partial charge is 0.358 e. The quantitative estimate of drug-likeness (QED) is 0.563. The van der Waals surface area contributed by atoms with E-state index in [1.165, 1.54) is 7.11 Å². The summed E-state index contributed by atoms with van der Waals surface area (Å²) >= 11 is 5.50. The predicted molar refractivity (Wildman–Crippen MR) is 59.7 cm³/mol. The van der Waals surface area contributed by atoms with Crippen LogP contribution in [0.3, 0.4) is 0 Å². The zero-order valence-corrected chi connectivity index (χ0v) is 10.1. The van der Waals surface area contributed by atoms with Crippen LogP contribution >= 0.6 is 11.6 Å². The Balaban J connectivity index is 2.18. The van der Waals surface area contributed by atoms with Crippen LogP contribution in [0.4, 0.5) is 0 Å². The second-order valence-corrected chi connectivity index (χ2v) is 3.95. The van der Waals surface area contributed by atoms with Crippen molar-refractivity contribution < 1.29 is 14.3 Å². The van der Waals surface area contributed by atoms with E-state index in [0.717, 1.165) is 5.69 Å². The van der Waals surface area contributed by atoms with Gasteiger partial charge in [-0.15, -0.1) is 11.6 Å². The Morgan fingerprint density at radius 2 is 2.29 bits per heavy atom. The molecule has 0 aromatic carbocycles. The van der Waals surface area contributed by atoms with E-state index >= 15 is 0 Å². The van der Waals surface area contributed by atoms with Crippen molar-refractivity contribution in [2.24, 2.45) is 0 Å². The van der Waals surface area contributed by atoms with E-state index in [4.69, 9.17) is 11.6 Å². The standard InChI is InChI=1S/C10H12ClN3O3/c1-17-10(16)8-4-7-6-13(9(15)5-11)2-3-14(7)12-8/h4H,2-3,5-6H2,1H3. The number of amides is 1. The van der Waals surface area contributed by atoms with Gasteiger partial charge in [0.25, 0.3) is 0 Å². The van der Waals surface area contributed by atoms with Crippen molar-refractivity contribution in [2.45, 2.75) is 13.1 Å². The molecule has 1 aliphatic heterocycles. The molecule has 0 saturated heterocycles. The van der Waals surface area contributed by atoms with E-state index in [2.05, 4.69) is 9.84 Å². The summed E-state index contributed by atoms with van der Waals surface area (Å²) in [6.45, 7) is 1.55. The third-order valence-electron chi connectivity index (χ3n) is 2.66. The third kappa shape index (κ3) is 2.26. The van der Waals surface area contributed by atoms with Crippen LogP contribution in [0.5, 0.6) is 0 Å². The van der Waals surface area contributed by atoms with Gasteiger partial charge in [-0.1, -0.05) is 0 Å². The molecule has 0 aliphatic carbocycles. The lowest BCUT2D eigenvalue weighted by Gasteiger charge is -2.26. The Hall–Kier alpha value is -1.56. The van der Waals surface area contributed by atoms with Crippen LogP contribution in [0.2, 0.25) is 0 Å². The average Bonchev–Trinajstić information content (AvgIpc) is 2.79. The Kier molecular flexibility index (Phi) is 3.33. The summed E-state index contributed by atoms with van der Waals surface area (Å²) in [7, 11) is 1.31. The summed E-state index contributed by atoms with van der Waals surface area (Å²) in [6.07, 6.45) is 0. The lowest BCUT2D eigenvalue weighted by molar-refractivity contribution is -0.129. The largest absolute Gasteiger partial charge is 0.464 e. The van der Waals surface area contributed by atoms with E-state index in [1.54, 1.807) is 15.6 Å². The fourth-order valence-electron chi connectivity index (χ4n) is 1.77. The van der Waals surface area contributed by atoms with Crippen molar-refractivity contribution in [3.8, 4) is 0 Å². The van der Waals surface area contributed by atoms with Crippen molar-refractivity contribution in [3.63, 3.8) is 0 Å². The maximum absolute atomic E-state index is 11.4.